The molecule has 0 spiro atoms. The zero-order chi connectivity index (χ0) is 13.1. The van der Waals surface area contributed by atoms with E-state index < -0.39 is 5.97 Å². The maximum Gasteiger partial charge on any atom is 0.358 e. The molecule has 1 atom stereocenters. The highest BCUT2D eigenvalue weighted by Crippen LogP contribution is 2.22. The van der Waals surface area contributed by atoms with Gasteiger partial charge in [-0.05, 0) is 18.6 Å². The summed E-state index contributed by atoms with van der Waals surface area (Å²) in [6.45, 7) is 1.98. The maximum absolute atomic E-state index is 11.7. The molecule has 5 nitrogen and oxygen atoms in total. The van der Waals surface area contributed by atoms with Crippen LogP contribution in [0.1, 0.15) is 35.6 Å². The first-order chi connectivity index (χ1) is 8.72. The molecular formula is C13H16N2O3. The third-order valence-corrected chi connectivity index (χ3v) is 3.03. The van der Waals surface area contributed by atoms with Gasteiger partial charge in [-0.3, -0.25) is 0 Å². The van der Waals surface area contributed by atoms with Crippen molar-refractivity contribution in [2.24, 2.45) is 0 Å². The molecule has 2 aromatic heterocycles. The van der Waals surface area contributed by atoms with Gasteiger partial charge in [0.15, 0.2) is 5.69 Å². The minimum atomic E-state index is -0.460. The van der Waals surface area contributed by atoms with Crippen molar-refractivity contribution in [3.8, 4) is 0 Å². The van der Waals surface area contributed by atoms with Gasteiger partial charge in [0.2, 0.25) is 0 Å². The van der Waals surface area contributed by atoms with Crippen LogP contribution in [0, 0.1) is 0 Å². The molecule has 0 amide bonds. The first kappa shape index (κ1) is 12.6. The van der Waals surface area contributed by atoms with E-state index in [2.05, 4.69) is 4.98 Å². The molecule has 0 fully saturated rings. The summed E-state index contributed by atoms with van der Waals surface area (Å²) in [6, 6.07) is 5.52. The van der Waals surface area contributed by atoms with E-state index in [1.165, 1.54) is 7.11 Å². The van der Waals surface area contributed by atoms with Crippen LogP contribution < -0.4 is 0 Å². The van der Waals surface area contributed by atoms with Crippen molar-refractivity contribution in [3.63, 3.8) is 0 Å². The van der Waals surface area contributed by atoms with Crippen LogP contribution in [0.2, 0.25) is 0 Å². The Labute approximate surface area is 105 Å². The van der Waals surface area contributed by atoms with Gasteiger partial charge in [0.25, 0.3) is 0 Å². The standard InChI is InChI=1S/C13H16N2O3/c1-3-9(8-16)12-14-11(13(17)18-2)10-6-4-5-7-15(10)12/h4-7,9,16H,3,8H2,1-2H3. The molecule has 0 aliphatic carbocycles. The highest BCUT2D eigenvalue weighted by atomic mass is 16.5. The summed E-state index contributed by atoms with van der Waals surface area (Å²) in [5.41, 5.74) is 0.992. The van der Waals surface area contributed by atoms with Crippen molar-refractivity contribution >= 4 is 11.5 Å². The van der Waals surface area contributed by atoms with Gasteiger partial charge >= 0.3 is 5.97 Å². The third-order valence-electron chi connectivity index (χ3n) is 3.03. The van der Waals surface area contributed by atoms with Gasteiger partial charge in [0.1, 0.15) is 5.82 Å². The van der Waals surface area contributed by atoms with Gasteiger partial charge in [-0.15, -0.1) is 0 Å². The van der Waals surface area contributed by atoms with Crippen LogP contribution >= 0.6 is 0 Å². The molecule has 0 saturated heterocycles. The smallest absolute Gasteiger partial charge is 0.358 e. The average Bonchev–Trinajstić information content (AvgIpc) is 2.79. The quantitative estimate of drug-likeness (QED) is 0.835. The lowest BCUT2D eigenvalue weighted by Gasteiger charge is -2.09. The van der Waals surface area contributed by atoms with Gasteiger partial charge in [0, 0.05) is 12.1 Å². The maximum atomic E-state index is 11.7. The van der Waals surface area contributed by atoms with Crippen LogP contribution in [0.5, 0.6) is 0 Å². The van der Waals surface area contributed by atoms with Crippen molar-refractivity contribution in [2.75, 3.05) is 13.7 Å². The summed E-state index contributed by atoms with van der Waals surface area (Å²) >= 11 is 0. The molecule has 1 unspecified atom stereocenters. The Hall–Kier alpha value is -1.88. The molecule has 96 valence electrons. The van der Waals surface area contributed by atoms with Gasteiger partial charge in [-0.2, -0.15) is 0 Å². The predicted octanol–water partition coefficient (Wildman–Crippen LogP) is 1.61. The molecule has 1 N–H and O–H groups in total. The van der Waals surface area contributed by atoms with E-state index in [0.29, 0.717) is 17.0 Å². The Morgan fingerprint density at radius 3 is 2.94 bits per heavy atom. The fraction of sp³-hybridized carbons (Fsp3) is 0.385. The molecule has 2 aromatic rings. The first-order valence-electron chi connectivity index (χ1n) is 5.89. The number of aromatic nitrogens is 2. The average molecular weight is 248 g/mol. The Morgan fingerprint density at radius 1 is 1.56 bits per heavy atom. The number of carbonyl (C=O) groups excluding carboxylic acids is 1. The lowest BCUT2D eigenvalue weighted by molar-refractivity contribution is 0.0596. The number of nitrogens with zero attached hydrogens (tertiary/aromatic N) is 2. The highest BCUT2D eigenvalue weighted by Gasteiger charge is 2.21. The fourth-order valence-electron chi connectivity index (χ4n) is 1.99. The van der Waals surface area contributed by atoms with E-state index in [1.54, 1.807) is 0 Å². The van der Waals surface area contributed by atoms with Crippen molar-refractivity contribution < 1.29 is 14.6 Å². The van der Waals surface area contributed by atoms with Crippen LogP contribution in [0.3, 0.4) is 0 Å². The number of aliphatic hydroxyl groups excluding tert-OH is 1. The van der Waals surface area contributed by atoms with Gasteiger partial charge in [-0.25, -0.2) is 9.78 Å². The zero-order valence-electron chi connectivity index (χ0n) is 10.5. The molecule has 0 radical (unpaired) electrons. The number of methoxy groups -OCH3 is 1. The highest BCUT2D eigenvalue weighted by molar-refractivity contribution is 5.95. The minimum absolute atomic E-state index is 0.00508. The monoisotopic (exact) mass is 248 g/mol. The van der Waals surface area contributed by atoms with Crippen LogP contribution in [-0.2, 0) is 4.74 Å². The largest absolute Gasteiger partial charge is 0.464 e. The van der Waals surface area contributed by atoms with E-state index in [0.717, 1.165) is 6.42 Å². The molecule has 0 aliphatic heterocycles. The molecule has 2 rings (SSSR count). The molecule has 0 saturated carbocycles. The van der Waals surface area contributed by atoms with E-state index in [4.69, 9.17) is 4.74 Å². The molecule has 0 aromatic carbocycles. The summed E-state index contributed by atoms with van der Waals surface area (Å²) in [5, 5.41) is 9.37. The number of fused-ring (bicyclic) bond motifs is 1. The lowest BCUT2D eigenvalue weighted by Crippen LogP contribution is -2.08. The number of esters is 1. The zero-order valence-corrected chi connectivity index (χ0v) is 10.5. The number of rotatable bonds is 4. The molecule has 18 heavy (non-hydrogen) atoms. The summed E-state index contributed by atoms with van der Waals surface area (Å²) in [4.78, 5) is 16.0. The Morgan fingerprint density at radius 2 is 2.33 bits per heavy atom. The predicted molar refractivity (Wildman–Crippen MR) is 66.6 cm³/mol. The molecule has 0 aliphatic rings. The second kappa shape index (κ2) is 5.18. The number of imidazole rings is 1. The van der Waals surface area contributed by atoms with Crippen LogP contribution in [0.15, 0.2) is 24.4 Å². The second-order valence-corrected chi connectivity index (χ2v) is 4.05. The van der Waals surface area contributed by atoms with Crippen LogP contribution in [-0.4, -0.2) is 34.2 Å². The number of aliphatic hydroxyl groups is 1. The van der Waals surface area contributed by atoms with Crippen molar-refractivity contribution in [1.82, 2.24) is 9.38 Å². The first-order valence-corrected chi connectivity index (χ1v) is 5.89. The van der Waals surface area contributed by atoms with Crippen molar-refractivity contribution in [3.05, 3.63) is 35.9 Å². The summed E-state index contributed by atoms with van der Waals surface area (Å²) in [7, 11) is 1.33. The molecule has 5 heteroatoms. The third kappa shape index (κ3) is 1.97. The van der Waals surface area contributed by atoms with Crippen molar-refractivity contribution in [2.45, 2.75) is 19.3 Å². The number of hydrogen-bond acceptors (Lipinski definition) is 4. The van der Waals surface area contributed by atoms with E-state index in [1.807, 2.05) is 35.7 Å². The van der Waals surface area contributed by atoms with E-state index in [9.17, 15) is 9.90 Å². The Bertz CT molecular complexity index is 558. The number of pyridine rings is 1. The van der Waals surface area contributed by atoms with Crippen molar-refractivity contribution in [1.29, 1.82) is 0 Å². The molecule has 2 heterocycles. The normalized spacial score (nSPS) is 12.6. The molecular weight excluding hydrogens is 232 g/mol. The topological polar surface area (TPSA) is 63.8 Å². The number of ether oxygens (including phenoxy) is 1. The van der Waals surface area contributed by atoms with Gasteiger partial charge < -0.3 is 14.2 Å². The van der Waals surface area contributed by atoms with Crippen LogP contribution in [0.25, 0.3) is 5.52 Å². The van der Waals surface area contributed by atoms with Gasteiger partial charge in [0.05, 0.1) is 19.2 Å². The van der Waals surface area contributed by atoms with Crippen LogP contribution in [0.4, 0.5) is 0 Å². The van der Waals surface area contributed by atoms with E-state index in [-0.39, 0.29) is 12.5 Å². The number of carbonyl (C=O) groups is 1. The summed E-state index contributed by atoms with van der Waals surface area (Å²) < 4.78 is 6.56. The SMILES string of the molecule is CCC(CO)c1nc(C(=O)OC)c2ccccn12. The minimum Gasteiger partial charge on any atom is -0.464 e. The fourth-order valence-corrected chi connectivity index (χ4v) is 1.99. The van der Waals surface area contributed by atoms with Gasteiger partial charge in [-0.1, -0.05) is 13.0 Å². The Kier molecular flexibility index (Phi) is 3.62. The number of hydrogen-bond donors (Lipinski definition) is 1. The second-order valence-electron chi connectivity index (χ2n) is 4.05. The molecule has 0 bridgehead atoms. The lowest BCUT2D eigenvalue weighted by atomic mass is 10.1. The van der Waals surface area contributed by atoms with E-state index >= 15 is 0 Å². The summed E-state index contributed by atoms with van der Waals surface area (Å²) in [6.07, 6.45) is 2.59. The summed E-state index contributed by atoms with van der Waals surface area (Å²) in [5.74, 6) is 0.145. The Balaban J connectivity index is 2.64.